The molecule has 4 nitrogen and oxygen atoms in total. The summed E-state index contributed by atoms with van der Waals surface area (Å²) < 4.78 is 29.3. The van der Waals surface area contributed by atoms with Crippen molar-refractivity contribution in [2.24, 2.45) is 0 Å². The van der Waals surface area contributed by atoms with Crippen molar-refractivity contribution in [2.45, 2.75) is 31.7 Å². The predicted molar refractivity (Wildman–Crippen MR) is 79.2 cm³/mol. The maximum atomic E-state index is 14.1. The van der Waals surface area contributed by atoms with Gasteiger partial charge in [-0.3, -0.25) is 0 Å². The lowest BCUT2D eigenvalue weighted by atomic mass is 10.1. The fourth-order valence-corrected chi connectivity index (χ4v) is 3.03. The Morgan fingerprint density at radius 3 is 2.59 bits per heavy atom. The van der Waals surface area contributed by atoms with E-state index in [-0.39, 0.29) is 33.7 Å². The first-order valence-corrected chi connectivity index (χ1v) is 7.33. The van der Waals surface area contributed by atoms with Crippen LogP contribution in [0.4, 0.5) is 14.6 Å². The van der Waals surface area contributed by atoms with Crippen LogP contribution in [0.5, 0.6) is 0 Å². The molecule has 1 heterocycles. The molecule has 1 saturated carbocycles. The normalized spacial score (nSPS) is 15.2. The van der Waals surface area contributed by atoms with Crippen molar-refractivity contribution in [1.82, 2.24) is 9.78 Å². The van der Waals surface area contributed by atoms with E-state index in [0.29, 0.717) is 0 Å². The highest BCUT2D eigenvalue weighted by Gasteiger charge is 2.26. The van der Waals surface area contributed by atoms with E-state index < -0.39 is 11.6 Å². The number of nitrogen functional groups attached to an aromatic ring is 1. The Bertz CT molecular complexity index is 773. The lowest BCUT2D eigenvalue weighted by Crippen LogP contribution is -2.10. The average molecular weight is 323 g/mol. The molecule has 0 radical (unpaired) electrons. The van der Waals surface area contributed by atoms with Gasteiger partial charge in [-0.05, 0) is 25.0 Å². The second-order valence-corrected chi connectivity index (χ2v) is 5.76. The molecule has 3 rings (SSSR count). The van der Waals surface area contributed by atoms with Gasteiger partial charge >= 0.3 is 0 Å². The van der Waals surface area contributed by atoms with Crippen LogP contribution in [-0.4, -0.2) is 9.78 Å². The molecule has 7 heteroatoms. The van der Waals surface area contributed by atoms with Crippen LogP contribution >= 0.6 is 11.6 Å². The molecule has 2 N–H and O–H groups in total. The van der Waals surface area contributed by atoms with E-state index >= 15 is 0 Å². The smallest absolute Gasteiger partial charge is 0.142 e. The number of aromatic nitrogens is 2. The minimum atomic E-state index is -0.768. The summed E-state index contributed by atoms with van der Waals surface area (Å²) in [6.07, 6.45) is 3.94. The van der Waals surface area contributed by atoms with E-state index in [2.05, 4.69) is 5.10 Å². The summed E-state index contributed by atoms with van der Waals surface area (Å²) in [4.78, 5) is 0. The first-order chi connectivity index (χ1) is 10.5. The number of anilines is 1. The number of halogens is 3. The molecule has 0 aliphatic heterocycles. The van der Waals surface area contributed by atoms with E-state index in [1.807, 2.05) is 6.07 Å². The van der Waals surface area contributed by atoms with Gasteiger partial charge in [0.2, 0.25) is 0 Å². The van der Waals surface area contributed by atoms with Crippen LogP contribution in [0.3, 0.4) is 0 Å². The number of nitrogens with two attached hydrogens (primary N) is 1. The molecule has 114 valence electrons. The summed E-state index contributed by atoms with van der Waals surface area (Å²) in [5.74, 6) is -1.31. The van der Waals surface area contributed by atoms with Crippen LogP contribution in [0.2, 0.25) is 5.02 Å². The highest BCUT2D eigenvalue weighted by Crippen LogP contribution is 2.36. The molecular weight excluding hydrogens is 310 g/mol. The minimum absolute atomic E-state index is 0.0555. The second-order valence-electron chi connectivity index (χ2n) is 5.35. The van der Waals surface area contributed by atoms with Crippen LogP contribution < -0.4 is 5.73 Å². The minimum Gasteiger partial charge on any atom is -0.383 e. The maximum Gasteiger partial charge on any atom is 0.142 e. The van der Waals surface area contributed by atoms with Gasteiger partial charge in [-0.25, -0.2) is 13.5 Å². The predicted octanol–water partition coefficient (Wildman–Crippen LogP) is 4.05. The summed E-state index contributed by atoms with van der Waals surface area (Å²) in [5.41, 5.74) is 5.99. The molecule has 1 aliphatic carbocycles. The van der Waals surface area contributed by atoms with Crippen molar-refractivity contribution in [3.8, 4) is 17.3 Å². The molecule has 0 bridgehead atoms. The molecule has 1 aliphatic rings. The third kappa shape index (κ3) is 2.32. The molecule has 1 aromatic carbocycles. The molecule has 1 aromatic heterocycles. The SMILES string of the molecule is N#Cc1c(-c2cc(F)c(Cl)cc2F)nn(C2CCCC2)c1N. The van der Waals surface area contributed by atoms with Gasteiger partial charge in [0, 0.05) is 5.56 Å². The van der Waals surface area contributed by atoms with Crippen LogP contribution in [-0.2, 0) is 0 Å². The molecular formula is C15H13ClF2N4. The zero-order valence-corrected chi connectivity index (χ0v) is 12.4. The number of benzene rings is 1. The number of hydrogen-bond donors (Lipinski definition) is 1. The summed E-state index contributed by atoms with van der Waals surface area (Å²) in [7, 11) is 0. The highest BCUT2D eigenvalue weighted by atomic mass is 35.5. The van der Waals surface area contributed by atoms with Gasteiger partial charge in [0.25, 0.3) is 0 Å². The first-order valence-electron chi connectivity index (χ1n) is 6.96. The Morgan fingerprint density at radius 1 is 1.27 bits per heavy atom. The third-order valence-electron chi connectivity index (χ3n) is 3.99. The Labute approximate surface area is 131 Å². The van der Waals surface area contributed by atoms with Crippen LogP contribution in [0.1, 0.15) is 37.3 Å². The molecule has 0 unspecified atom stereocenters. The van der Waals surface area contributed by atoms with Crippen molar-refractivity contribution in [3.05, 3.63) is 34.4 Å². The van der Waals surface area contributed by atoms with E-state index in [0.717, 1.165) is 37.8 Å². The van der Waals surface area contributed by atoms with Crippen molar-refractivity contribution in [1.29, 1.82) is 5.26 Å². The fraction of sp³-hybridized carbons (Fsp3) is 0.333. The van der Waals surface area contributed by atoms with Gasteiger partial charge < -0.3 is 5.73 Å². The maximum absolute atomic E-state index is 14.1. The standard InChI is InChI=1S/C15H13ClF2N4/c16-11-6-12(17)9(5-13(11)18)14-10(7-19)15(20)22(21-14)8-3-1-2-4-8/h5-6,8H,1-4,20H2. The van der Waals surface area contributed by atoms with Gasteiger partial charge in [-0.15, -0.1) is 0 Å². The van der Waals surface area contributed by atoms with Crippen LogP contribution in [0, 0.1) is 23.0 Å². The number of rotatable bonds is 2. The summed E-state index contributed by atoms with van der Waals surface area (Å²) in [6.45, 7) is 0. The molecule has 0 saturated heterocycles. The zero-order chi connectivity index (χ0) is 15.9. The Balaban J connectivity index is 2.17. The van der Waals surface area contributed by atoms with Crippen molar-refractivity contribution in [2.75, 3.05) is 5.73 Å². The Hall–Kier alpha value is -2.13. The molecule has 22 heavy (non-hydrogen) atoms. The quantitative estimate of drug-likeness (QED) is 0.848. The van der Waals surface area contributed by atoms with Crippen LogP contribution in [0.15, 0.2) is 12.1 Å². The number of nitrogens with zero attached hydrogens (tertiary/aromatic N) is 3. The van der Waals surface area contributed by atoms with Gasteiger partial charge in [0.15, 0.2) is 0 Å². The van der Waals surface area contributed by atoms with Crippen molar-refractivity contribution >= 4 is 17.4 Å². The molecule has 0 amide bonds. The lowest BCUT2D eigenvalue weighted by Gasteiger charge is -2.11. The average Bonchev–Trinajstić information content (AvgIpc) is 3.10. The zero-order valence-electron chi connectivity index (χ0n) is 11.6. The Morgan fingerprint density at radius 2 is 1.95 bits per heavy atom. The molecule has 2 aromatic rings. The van der Waals surface area contributed by atoms with E-state index in [9.17, 15) is 14.0 Å². The summed E-state index contributed by atoms with van der Waals surface area (Å²) >= 11 is 5.56. The van der Waals surface area contributed by atoms with E-state index in [4.69, 9.17) is 17.3 Å². The van der Waals surface area contributed by atoms with Gasteiger partial charge in [0.05, 0.1) is 11.1 Å². The number of hydrogen-bond acceptors (Lipinski definition) is 3. The first kappa shape index (κ1) is 14.8. The lowest BCUT2D eigenvalue weighted by molar-refractivity contribution is 0.474. The van der Waals surface area contributed by atoms with Crippen molar-refractivity contribution in [3.63, 3.8) is 0 Å². The summed E-state index contributed by atoms with van der Waals surface area (Å²) in [5, 5.41) is 13.3. The topological polar surface area (TPSA) is 67.6 Å². The van der Waals surface area contributed by atoms with Gasteiger partial charge in [0.1, 0.15) is 34.8 Å². The number of nitriles is 1. The van der Waals surface area contributed by atoms with Gasteiger partial charge in [-0.2, -0.15) is 10.4 Å². The van der Waals surface area contributed by atoms with E-state index in [1.54, 1.807) is 4.68 Å². The highest BCUT2D eigenvalue weighted by molar-refractivity contribution is 6.30. The van der Waals surface area contributed by atoms with Crippen LogP contribution in [0.25, 0.3) is 11.3 Å². The molecule has 0 spiro atoms. The molecule has 1 fully saturated rings. The van der Waals surface area contributed by atoms with Crippen molar-refractivity contribution < 1.29 is 8.78 Å². The monoisotopic (exact) mass is 322 g/mol. The fourth-order valence-electron chi connectivity index (χ4n) is 2.88. The largest absolute Gasteiger partial charge is 0.383 e. The van der Waals surface area contributed by atoms with E-state index in [1.165, 1.54) is 0 Å². The van der Waals surface area contributed by atoms with Gasteiger partial charge in [-0.1, -0.05) is 24.4 Å². The third-order valence-corrected chi connectivity index (χ3v) is 4.28. The molecule has 0 atom stereocenters. The Kier molecular flexibility index (Phi) is 3.75. The second kappa shape index (κ2) is 5.58. The summed E-state index contributed by atoms with van der Waals surface area (Å²) in [6, 6.07) is 3.85.